The Morgan fingerprint density at radius 2 is 1.78 bits per heavy atom. The van der Waals surface area contributed by atoms with Gasteiger partial charge in [0.25, 0.3) is 0 Å². The van der Waals surface area contributed by atoms with Crippen LogP contribution in [0.4, 0.5) is 0 Å². The highest BCUT2D eigenvalue weighted by Crippen LogP contribution is 2.01. The molecule has 1 N–H and O–H groups in total. The molecule has 0 bridgehead atoms. The Morgan fingerprint density at radius 3 is 2.22 bits per heavy atom. The van der Waals surface area contributed by atoms with E-state index in [4.69, 9.17) is 9.47 Å². The van der Waals surface area contributed by atoms with E-state index in [1.54, 1.807) is 7.11 Å². The summed E-state index contributed by atoms with van der Waals surface area (Å²) in [6, 6.07) is 0. The Balaban J connectivity index is 3.89. The zero-order chi connectivity index (χ0) is 14.0. The summed E-state index contributed by atoms with van der Waals surface area (Å²) in [5, 5.41) is 3.45. The van der Waals surface area contributed by atoms with Gasteiger partial charge in [0.1, 0.15) is 0 Å². The van der Waals surface area contributed by atoms with Gasteiger partial charge in [0.15, 0.2) is 0 Å². The van der Waals surface area contributed by atoms with E-state index in [9.17, 15) is 0 Å². The van der Waals surface area contributed by atoms with Crippen LogP contribution in [0.15, 0.2) is 0 Å². The molecule has 0 saturated carbocycles. The Morgan fingerprint density at radius 1 is 1.17 bits per heavy atom. The topological polar surface area (TPSA) is 33.7 Å². The fraction of sp³-hybridized carbons (Fsp3) is 1.00. The molecule has 0 aromatic heterocycles. The molecule has 18 heavy (non-hydrogen) atoms. The van der Waals surface area contributed by atoms with Crippen molar-refractivity contribution in [3.05, 3.63) is 0 Å². The van der Waals surface area contributed by atoms with Crippen LogP contribution in [0.3, 0.4) is 0 Å². The van der Waals surface area contributed by atoms with Crippen LogP contribution in [0.1, 0.15) is 34.6 Å². The third-order valence-electron chi connectivity index (χ3n) is 2.87. The zero-order valence-corrected chi connectivity index (χ0v) is 13.1. The SMILES string of the molecule is CCN(CC)CCOC(CNC(C)(C)C)COC. The lowest BCUT2D eigenvalue weighted by Crippen LogP contribution is -2.43. The van der Waals surface area contributed by atoms with Crippen LogP contribution in [0.2, 0.25) is 0 Å². The molecule has 0 radical (unpaired) electrons. The third kappa shape index (κ3) is 9.83. The van der Waals surface area contributed by atoms with E-state index >= 15 is 0 Å². The summed E-state index contributed by atoms with van der Waals surface area (Å²) in [6.45, 7) is 16.2. The maximum absolute atomic E-state index is 5.88. The lowest BCUT2D eigenvalue weighted by atomic mass is 10.1. The molecule has 0 heterocycles. The van der Waals surface area contributed by atoms with Gasteiger partial charge in [-0.15, -0.1) is 0 Å². The highest BCUT2D eigenvalue weighted by molar-refractivity contribution is 4.73. The highest BCUT2D eigenvalue weighted by atomic mass is 16.5. The molecule has 0 fully saturated rings. The summed E-state index contributed by atoms with van der Waals surface area (Å²) in [6.07, 6.45) is 0.129. The Bertz CT molecular complexity index is 189. The molecular weight excluding hydrogens is 228 g/mol. The average Bonchev–Trinajstić information content (AvgIpc) is 2.30. The first-order valence-electron chi connectivity index (χ1n) is 7.00. The summed E-state index contributed by atoms with van der Waals surface area (Å²) in [4.78, 5) is 2.36. The number of nitrogens with one attached hydrogen (secondary N) is 1. The van der Waals surface area contributed by atoms with E-state index in [1.807, 2.05) is 0 Å². The van der Waals surface area contributed by atoms with Gasteiger partial charge in [-0.1, -0.05) is 13.8 Å². The highest BCUT2D eigenvalue weighted by Gasteiger charge is 2.14. The van der Waals surface area contributed by atoms with E-state index in [0.717, 1.165) is 32.8 Å². The molecule has 0 saturated heterocycles. The molecule has 0 amide bonds. The predicted molar refractivity (Wildman–Crippen MR) is 77.2 cm³/mol. The first-order chi connectivity index (χ1) is 8.42. The summed E-state index contributed by atoms with van der Waals surface area (Å²) in [7, 11) is 1.72. The third-order valence-corrected chi connectivity index (χ3v) is 2.87. The molecule has 0 aromatic carbocycles. The molecule has 0 spiro atoms. The molecule has 0 aliphatic heterocycles. The molecular formula is C14H32N2O2. The van der Waals surface area contributed by atoms with E-state index in [0.29, 0.717) is 6.61 Å². The van der Waals surface area contributed by atoms with Gasteiger partial charge in [0, 0.05) is 25.7 Å². The molecule has 1 atom stereocenters. The van der Waals surface area contributed by atoms with E-state index in [1.165, 1.54) is 0 Å². The van der Waals surface area contributed by atoms with Crippen LogP contribution in [-0.4, -0.2) is 63.0 Å². The largest absolute Gasteiger partial charge is 0.382 e. The number of nitrogens with zero attached hydrogens (tertiary/aromatic N) is 1. The van der Waals surface area contributed by atoms with Crippen LogP contribution in [0, 0.1) is 0 Å². The van der Waals surface area contributed by atoms with Crippen LogP contribution < -0.4 is 5.32 Å². The van der Waals surface area contributed by atoms with Crippen molar-refractivity contribution >= 4 is 0 Å². The molecule has 0 aliphatic carbocycles. The Labute approximate surface area is 113 Å². The standard InChI is InChI=1S/C14H32N2O2/c1-7-16(8-2)9-10-18-13(12-17-6)11-15-14(3,4)5/h13,15H,7-12H2,1-6H3. The van der Waals surface area contributed by atoms with Gasteiger partial charge in [-0.25, -0.2) is 0 Å². The Hall–Kier alpha value is -0.160. The van der Waals surface area contributed by atoms with Gasteiger partial charge in [0.05, 0.1) is 19.3 Å². The predicted octanol–water partition coefficient (Wildman–Crippen LogP) is 1.75. The maximum atomic E-state index is 5.88. The van der Waals surface area contributed by atoms with Crippen molar-refractivity contribution in [3.63, 3.8) is 0 Å². The van der Waals surface area contributed by atoms with E-state index in [-0.39, 0.29) is 11.6 Å². The van der Waals surface area contributed by atoms with Gasteiger partial charge < -0.3 is 19.7 Å². The molecule has 0 aliphatic rings. The number of rotatable bonds is 10. The van der Waals surface area contributed by atoms with Gasteiger partial charge >= 0.3 is 0 Å². The molecule has 0 aromatic rings. The van der Waals surface area contributed by atoms with Crippen LogP contribution in [-0.2, 0) is 9.47 Å². The van der Waals surface area contributed by atoms with Crippen molar-refractivity contribution in [1.82, 2.24) is 10.2 Å². The van der Waals surface area contributed by atoms with Crippen molar-refractivity contribution in [3.8, 4) is 0 Å². The Kier molecular flexibility index (Phi) is 9.64. The van der Waals surface area contributed by atoms with E-state index in [2.05, 4.69) is 44.8 Å². The van der Waals surface area contributed by atoms with Crippen LogP contribution in [0.25, 0.3) is 0 Å². The summed E-state index contributed by atoms with van der Waals surface area (Å²) in [5.74, 6) is 0. The van der Waals surface area contributed by atoms with Crippen molar-refractivity contribution < 1.29 is 9.47 Å². The second-order valence-electron chi connectivity index (χ2n) is 5.61. The van der Waals surface area contributed by atoms with Crippen molar-refractivity contribution in [2.45, 2.75) is 46.3 Å². The number of methoxy groups -OCH3 is 1. The second-order valence-corrected chi connectivity index (χ2v) is 5.61. The molecule has 4 nitrogen and oxygen atoms in total. The number of hydrogen-bond donors (Lipinski definition) is 1. The fourth-order valence-corrected chi connectivity index (χ4v) is 1.66. The fourth-order valence-electron chi connectivity index (χ4n) is 1.66. The summed E-state index contributed by atoms with van der Waals surface area (Å²) < 4.78 is 11.1. The molecule has 4 heteroatoms. The lowest BCUT2D eigenvalue weighted by Gasteiger charge is -2.26. The minimum atomic E-state index is 0.119. The first kappa shape index (κ1) is 17.8. The quantitative estimate of drug-likeness (QED) is 0.649. The number of hydrogen-bond acceptors (Lipinski definition) is 4. The van der Waals surface area contributed by atoms with Crippen LogP contribution in [0.5, 0.6) is 0 Å². The van der Waals surface area contributed by atoms with Gasteiger partial charge in [-0.2, -0.15) is 0 Å². The number of likely N-dealkylation sites (N-methyl/N-ethyl adjacent to an activating group) is 1. The molecule has 1 unspecified atom stereocenters. The van der Waals surface area contributed by atoms with Gasteiger partial charge in [-0.05, 0) is 33.9 Å². The lowest BCUT2D eigenvalue weighted by molar-refractivity contribution is -0.0108. The summed E-state index contributed by atoms with van der Waals surface area (Å²) >= 11 is 0. The monoisotopic (exact) mass is 260 g/mol. The minimum Gasteiger partial charge on any atom is -0.382 e. The summed E-state index contributed by atoms with van der Waals surface area (Å²) in [5.41, 5.74) is 0.119. The average molecular weight is 260 g/mol. The second kappa shape index (κ2) is 9.73. The smallest absolute Gasteiger partial charge is 0.0933 e. The molecule has 110 valence electrons. The normalized spacial score (nSPS) is 14.2. The number of ether oxygens (including phenoxy) is 2. The van der Waals surface area contributed by atoms with E-state index < -0.39 is 0 Å². The van der Waals surface area contributed by atoms with Gasteiger partial charge in [0.2, 0.25) is 0 Å². The van der Waals surface area contributed by atoms with Crippen molar-refractivity contribution in [1.29, 1.82) is 0 Å². The van der Waals surface area contributed by atoms with Gasteiger partial charge in [-0.3, -0.25) is 0 Å². The van der Waals surface area contributed by atoms with Crippen LogP contribution >= 0.6 is 0 Å². The minimum absolute atomic E-state index is 0.119. The van der Waals surface area contributed by atoms with Crippen molar-refractivity contribution in [2.24, 2.45) is 0 Å². The maximum Gasteiger partial charge on any atom is 0.0933 e. The van der Waals surface area contributed by atoms with Crippen molar-refractivity contribution in [2.75, 3.05) is 46.5 Å². The molecule has 0 rings (SSSR count). The first-order valence-corrected chi connectivity index (χ1v) is 7.00. The zero-order valence-electron chi connectivity index (χ0n) is 13.1.